The van der Waals surface area contributed by atoms with Crippen molar-refractivity contribution >= 4 is 26.5 Å². The van der Waals surface area contributed by atoms with Crippen molar-refractivity contribution in [3.63, 3.8) is 0 Å². The number of nitrogens with one attached hydrogen (secondary N) is 1. The molecule has 1 N–H and O–H groups in total. The molecule has 0 atom stereocenters. The van der Waals surface area contributed by atoms with Crippen molar-refractivity contribution < 1.29 is 17.9 Å². The minimum atomic E-state index is -3.35. The number of sulfonamides is 1. The van der Waals surface area contributed by atoms with Crippen LogP contribution in [0.4, 0.5) is 5.69 Å². The normalized spacial score (nSPS) is 11.3. The van der Waals surface area contributed by atoms with E-state index in [4.69, 9.17) is 9.47 Å². The molecular formula is C13H15NO4S. The maximum atomic E-state index is 11.3. The third kappa shape index (κ3) is 3.08. The first-order valence-electron chi connectivity index (χ1n) is 5.56. The van der Waals surface area contributed by atoms with E-state index in [1.165, 1.54) is 7.11 Å². The third-order valence-corrected chi connectivity index (χ3v) is 3.25. The Morgan fingerprint density at radius 3 is 2.32 bits per heavy atom. The number of fused-ring (bicyclic) bond motifs is 1. The van der Waals surface area contributed by atoms with Gasteiger partial charge in [0.1, 0.15) is 11.5 Å². The van der Waals surface area contributed by atoms with Gasteiger partial charge in [0, 0.05) is 0 Å². The molecule has 0 unspecified atom stereocenters. The number of methoxy groups -OCH3 is 2. The Kier molecular flexibility index (Phi) is 3.53. The average molecular weight is 281 g/mol. The first-order valence-corrected chi connectivity index (χ1v) is 7.45. The predicted octanol–water partition coefficient (Wildman–Crippen LogP) is 2.23. The van der Waals surface area contributed by atoms with Crippen LogP contribution in [0.5, 0.6) is 11.5 Å². The van der Waals surface area contributed by atoms with Crippen LogP contribution in [-0.4, -0.2) is 28.9 Å². The van der Waals surface area contributed by atoms with Crippen LogP contribution in [0.15, 0.2) is 30.3 Å². The molecule has 0 heterocycles. The van der Waals surface area contributed by atoms with E-state index in [1.54, 1.807) is 19.2 Å². The summed E-state index contributed by atoms with van der Waals surface area (Å²) in [6.07, 6.45) is 1.10. The van der Waals surface area contributed by atoms with Gasteiger partial charge in [-0.3, -0.25) is 4.72 Å². The standard InChI is InChI=1S/C13H15NO4S/c1-17-11-5-4-9-7-12(14-19(3,15)16)13(18-2)8-10(9)6-11/h4-8,14H,1-3H3. The highest BCUT2D eigenvalue weighted by molar-refractivity contribution is 7.92. The van der Waals surface area contributed by atoms with Gasteiger partial charge in [0.2, 0.25) is 10.0 Å². The molecule has 0 aromatic heterocycles. The minimum absolute atomic E-state index is 0.419. The van der Waals surface area contributed by atoms with E-state index in [1.807, 2.05) is 18.2 Å². The van der Waals surface area contributed by atoms with Crippen LogP contribution >= 0.6 is 0 Å². The van der Waals surface area contributed by atoms with E-state index < -0.39 is 10.0 Å². The smallest absolute Gasteiger partial charge is 0.229 e. The Labute approximate surface area is 112 Å². The van der Waals surface area contributed by atoms with Crippen molar-refractivity contribution in [2.24, 2.45) is 0 Å². The largest absolute Gasteiger partial charge is 0.497 e. The summed E-state index contributed by atoms with van der Waals surface area (Å²) in [5.74, 6) is 1.20. The number of hydrogen-bond acceptors (Lipinski definition) is 4. The second-order valence-corrected chi connectivity index (χ2v) is 5.89. The molecule has 0 radical (unpaired) electrons. The fourth-order valence-electron chi connectivity index (χ4n) is 1.83. The molecule has 5 nitrogen and oxygen atoms in total. The third-order valence-electron chi connectivity index (χ3n) is 2.66. The number of rotatable bonds is 4. The van der Waals surface area contributed by atoms with Crippen molar-refractivity contribution in [3.8, 4) is 11.5 Å². The van der Waals surface area contributed by atoms with Gasteiger partial charge < -0.3 is 9.47 Å². The van der Waals surface area contributed by atoms with Crippen LogP contribution in [0.25, 0.3) is 10.8 Å². The highest BCUT2D eigenvalue weighted by Gasteiger charge is 2.10. The van der Waals surface area contributed by atoms with E-state index in [9.17, 15) is 8.42 Å². The zero-order valence-corrected chi connectivity index (χ0v) is 11.7. The Hall–Kier alpha value is -1.95. The molecule has 2 aromatic carbocycles. The first-order chi connectivity index (χ1) is 8.93. The van der Waals surface area contributed by atoms with Gasteiger partial charge in [-0.1, -0.05) is 6.07 Å². The Bertz CT molecular complexity index is 710. The highest BCUT2D eigenvalue weighted by Crippen LogP contribution is 2.32. The summed E-state index contributed by atoms with van der Waals surface area (Å²) in [5, 5.41) is 1.81. The van der Waals surface area contributed by atoms with Crippen LogP contribution in [0.3, 0.4) is 0 Å². The molecule has 102 valence electrons. The summed E-state index contributed by atoms with van der Waals surface area (Å²) < 4.78 is 35.4. The fraction of sp³-hybridized carbons (Fsp3) is 0.231. The van der Waals surface area contributed by atoms with E-state index in [2.05, 4.69) is 4.72 Å². The Morgan fingerprint density at radius 2 is 1.74 bits per heavy atom. The minimum Gasteiger partial charge on any atom is -0.497 e. The number of ether oxygens (including phenoxy) is 2. The van der Waals surface area contributed by atoms with E-state index in [0.29, 0.717) is 11.4 Å². The highest BCUT2D eigenvalue weighted by atomic mass is 32.2. The zero-order chi connectivity index (χ0) is 14.0. The molecule has 6 heteroatoms. The zero-order valence-electron chi connectivity index (χ0n) is 10.9. The molecule has 0 aliphatic carbocycles. The van der Waals surface area contributed by atoms with Crippen molar-refractivity contribution in [1.82, 2.24) is 0 Å². The van der Waals surface area contributed by atoms with Gasteiger partial charge in [0.05, 0.1) is 26.2 Å². The molecule has 0 spiro atoms. The maximum Gasteiger partial charge on any atom is 0.229 e. The quantitative estimate of drug-likeness (QED) is 0.933. The summed E-state index contributed by atoms with van der Waals surface area (Å²) in [6, 6.07) is 9.04. The summed E-state index contributed by atoms with van der Waals surface area (Å²) in [7, 11) is -0.256. The molecule has 2 aromatic rings. The van der Waals surface area contributed by atoms with Crippen LogP contribution in [0.1, 0.15) is 0 Å². The molecule has 0 saturated carbocycles. The Balaban J connectivity index is 2.59. The number of anilines is 1. The fourth-order valence-corrected chi connectivity index (χ4v) is 2.39. The van der Waals surface area contributed by atoms with Gasteiger partial charge >= 0.3 is 0 Å². The number of benzene rings is 2. The van der Waals surface area contributed by atoms with Gasteiger partial charge in [0.15, 0.2) is 0 Å². The molecular weight excluding hydrogens is 266 g/mol. The lowest BCUT2D eigenvalue weighted by Gasteiger charge is -2.12. The van der Waals surface area contributed by atoms with Crippen LogP contribution in [0.2, 0.25) is 0 Å². The van der Waals surface area contributed by atoms with Gasteiger partial charge in [0.25, 0.3) is 0 Å². The molecule has 19 heavy (non-hydrogen) atoms. The van der Waals surface area contributed by atoms with Crippen molar-refractivity contribution in [3.05, 3.63) is 30.3 Å². The summed E-state index contributed by atoms with van der Waals surface area (Å²) >= 11 is 0. The molecule has 0 fully saturated rings. The molecule has 0 amide bonds. The maximum absolute atomic E-state index is 11.3. The van der Waals surface area contributed by atoms with Gasteiger partial charge in [-0.15, -0.1) is 0 Å². The van der Waals surface area contributed by atoms with Gasteiger partial charge in [-0.2, -0.15) is 0 Å². The van der Waals surface area contributed by atoms with Crippen LogP contribution < -0.4 is 14.2 Å². The van der Waals surface area contributed by atoms with Gasteiger partial charge in [-0.05, 0) is 35.0 Å². The summed E-state index contributed by atoms with van der Waals surface area (Å²) in [6.45, 7) is 0. The summed E-state index contributed by atoms with van der Waals surface area (Å²) in [4.78, 5) is 0. The van der Waals surface area contributed by atoms with Crippen LogP contribution in [0, 0.1) is 0 Å². The lowest BCUT2D eigenvalue weighted by Crippen LogP contribution is -2.10. The first kappa shape index (κ1) is 13.5. The molecule has 0 aliphatic heterocycles. The van der Waals surface area contributed by atoms with E-state index >= 15 is 0 Å². The van der Waals surface area contributed by atoms with Crippen molar-refractivity contribution in [2.75, 3.05) is 25.2 Å². The number of hydrogen-bond donors (Lipinski definition) is 1. The van der Waals surface area contributed by atoms with E-state index in [-0.39, 0.29) is 0 Å². The average Bonchev–Trinajstić information content (AvgIpc) is 2.35. The van der Waals surface area contributed by atoms with Crippen molar-refractivity contribution in [1.29, 1.82) is 0 Å². The van der Waals surface area contributed by atoms with Gasteiger partial charge in [-0.25, -0.2) is 8.42 Å². The second-order valence-electron chi connectivity index (χ2n) is 4.14. The lowest BCUT2D eigenvalue weighted by molar-refractivity contribution is 0.414. The summed E-state index contributed by atoms with van der Waals surface area (Å²) in [5.41, 5.74) is 0.419. The molecule has 0 bridgehead atoms. The SMILES string of the molecule is COc1ccc2cc(NS(C)(=O)=O)c(OC)cc2c1. The van der Waals surface area contributed by atoms with E-state index in [0.717, 1.165) is 22.8 Å². The second kappa shape index (κ2) is 4.97. The molecule has 2 rings (SSSR count). The molecule has 0 aliphatic rings. The topological polar surface area (TPSA) is 64.6 Å². The molecule has 0 saturated heterocycles. The predicted molar refractivity (Wildman–Crippen MR) is 75.5 cm³/mol. The lowest BCUT2D eigenvalue weighted by atomic mass is 10.1. The van der Waals surface area contributed by atoms with Crippen LogP contribution in [-0.2, 0) is 10.0 Å². The Morgan fingerprint density at radius 1 is 1.00 bits per heavy atom. The van der Waals surface area contributed by atoms with Crippen molar-refractivity contribution in [2.45, 2.75) is 0 Å². The monoisotopic (exact) mass is 281 g/mol.